The molecule has 0 radical (unpaired) electrons. The Morgan fingerprint density at radius 2 is 1.79 bits per heavy atom. The van der Waals surface area contributed by atoms with Gasteiger partial charge in [0.05, 0.1) is 6.42 Å². The van der Waals surface area contributed by atoms with E-state index >= 15 is 0 Å². The van der Waals surface area contributed by atoms with Crippen LogP contribution in [0, 0.1) is 0 Å². The molecule has 0 unspecified atom stereocenters. The van der Waals surface area contributed by atoms with Crippen molar-refractivity contribution in [1.82, 2.24) is 5.01 Å². The molecule has 0 saturated heterocycles. The van der Waals surface area contributed by atoms with Crippen molar-refractivity contribution in [2.24, 2.45) is 5.10 Å². The average Bonchev–Trinajstić information content (AvgIpc) is 1.96. The maximum atomic E-state index is 10.5. The van der Waals surface area contributed by atoms with E-state index in [1.165, 1.54) is 5.01 Å². The van der Waals surface area contributed by atoms with Crippen LogP contribution in [0.15, 0.2) is 5.10 Å². The third-order valence-electron chi connectivity index (χ3n) is 1.14. The number of carbonyl (C=O) groups is 2. The van der Waals surface area contributed by atoms with Gasteiger partial charge in [-0.3, -0.25) is 4.79 Å². The molecular weight excluding hydrogens is 199 g/mol. The van der Waals surface area contributed by atoms with Crippen molar-refractivity contribution in [3.8, 4) is 0 Å². The standard InChI is InChI=1S/C7H12N2O4.Na.H/c1-9(2)8-5(7(12)13)3-4-6(10)11;;/h3-4H2,1-2H3,(H,10,11)(H,12,13);;/q;+1;-1/b8-5+;;. The van der Waals surface area contributed by atoms with E-state index in [1.54, 1.807) is 14.1 Å². The predicted molar refractivity (Wildman–Crippen MR) is 46.7 cm³/mol. The zero-order chi connectivity index (χ0) is 10.4. The third-order valence-corrected chi connectivity index (χ3v) is 1.14. The van der Waals surface area contributed by atoms with Crippen LogP contribution in [0.2, 0.25) is 0 Å². The third kappa shape index (κ3) is 8.03. The smallest absolute Gasteiger partial charge is 1.00 e. The van der Waals surface area contributed by atoms with Crippen molar-refractivity contribution in [3.05, 3.63) is 0 Å². The Morgan fingerprint density at radius 1 is 1.29 bits per heavy atom. The van der Waals surface area contributed by atoms with Gasteiger partial charge in [0, 0.05) is 20.5 Å². The number of carboxylic acids is 2. The molecule has 0 aliphatic carbocycles. The van der Waals surface area contributed by atoms with Crippen LogP contribution in [0.1, 0.15) is 14.3 Å². The maximum absolute atomic E-state index is 10.5. The van der Waals surface area contributed by atoms with E-state index in [4.69, 9.17) is 10.2 Å². The molecule has 0 amide bonds. The van der Waals surface area contributed by atoms with Gasteiger partial charge in [0.25, 0.3) is 0 Å². The molecule has 0 bridgehead atoms. The Kier molecular flexibility index (Phi) is 8.82. The van der Waals surface area contributed by atoms with Crippen molar-refractivity contribution < 1.29 is 50.8 Å². The van der Waals surface area contributed by atoms with Crippen molar-refractivity contribution in [2.75, 3.05) is 14.1 Å². The summed E-state index contributed by atoms with van der Waals surface area (Å²) >= 11 is 0. The molecule has 0 atom stereocenters. The fraction of sp³-hybridized carbons (Fsp3) is 0.571. The van der Waals surface area contributed by atoms with Crippen molar-refractivity contribution in [3.63, 3.8) is 0 Å². The van der Waals surface area contributed by atoms with Gasteiger partial charge in [-0.25, -0.2) is 4.79 Å². The number of hydrogen-bond acceptors (Lipinski definition) is 4. The second kappa shape index (κ2) is 7.78. The molecule has 7 heteroatoms. The zero-order valence-electron chi connectivity index (χ0n) is 9.52. The minimum Gasteiger partial charge on any atom is -1.00 e. The molecule has 0 aromatic rings. The average molecular weight is 212 g/mol. The minimum absolute atomic E-state index is 0. The van der Waals surface area contributed by atoms with E-state index in [0.29, 0.717) is 0 Å². The number of rotatable bonds is 5. The van der Waals surface area contributed by atoms with Crippen LogP contribution in [0.5, 0.6) is 0 Å². The SMILES string of the molecule is CN(C)/N=C(\CCC(=O)O)C(=O)O.[H-].[Na+]. The molecule has 0 spiro atoms. The summed E-state index contributed by atoms with van der Waals surface area (Å²) in [6.07, 6.45) is -0.290. The first kappa shape index (κ1) is 15.9. The number of aliphatic carboxylic acids is 2. The fourth-order valence-corrected chi connectivity index (χ4v) is 0.666. The second-order valence-electron chi connectivity index (χ2n) is 2.59. The van der Waals surface area contributed by atoms with Crippen LogP contribution in [0.25, 0.3) is 0 Å². The molecule has 0 aromatic carbocycles. The van der Waals surface area contributed by atoms with Gasteiger partial charge < -0.3 is 16.6 Å². The largest absolute Gasteiger partial charge is 1.00 e. The molecule has 0 aliphatic rings. The van der Waals surface area contributed by atoms with Gasteiger partial charge in [0.1, 0.15) is 5.71 Å². The summed E-state index contributed by atoms with van der Waals surface area (Å²) in [5, 5.41) is 21.9. The van der Waals surface area contributed by atoms with Crippen molar-refractivity contribution in [1.29, 1.82) is 0 Å². The van der Waals surface area contributed by atoms with Gasteiger partial charge in [-0.05, 0) is 0 Å². The number of hydrogen-bond donors (Lipinski definition) is 2. The van der Waals surface area contributed by atoms with Gasteiger partial charge in [-0.2, -0.15) is 5.10 Å². The Morgan fingerprint density at radius 3 is 2.07 bits per heavy atom. The summed E-state index contributed by atoms with van der Waals surface area (Å²) in [6.45, 7) is 0. The molecule has 0 rings (SSSR count). The topological polar surface area (TPSA) is 90.2 Å². The maximum Gasteiger partial charge on any atom is 1.00 e. The summed E-state index contributed by atoms with van der Waals surface area (Å²) in [6, 6.07) is 0. The van der Waals surface area contributed by atoms with E-state index in [0.717, 1.165) is 0 Å². The van der Waals surface area contributed by atoms with E-state index in [2.05, 4.69) is 5.10 Å². The number of carboxylic acid groups (broad SMARTS) is 2. The van der Waals surface area contributed by atoms with Crippen LogP contribution in [-0.4, -0.2) is 47.0 Å². The van der Waals surface area contributed by atoms with E-state index in [-0.39, 0.29) is 49.5 Å². The van der Waals surface area contributed by atoms with Crippen LogP contribution >= 0.6 is 0 Å². The van der Waals surface area contributed by atoms with Gasteiger partial charge in [-0.1, -0.05) is 0 Å². The van der Waals surface area contributed by atoms with E-state index < -0.39 is 11.9 Å². The minimum atomic E-state index is -1.19. The first-order chi connectivity index (χ1) is 5.93. The quantitative estimate of drug-likeness (QED) is 0.287. The Labute approximate surface area is 105 Å². The van der Waals surface area contributed by atoms with Crippen LogP contribution in [-0.2, 0) is 9.59 Å². The number of hydrazone groups is 1. The Bertz CT molecular complexity index is 245. The predicted octanol–water partition coefficient (Wildman–Crippen LogP) is -3.03. The van der Waals surface area contributed by atoms with Crippen LogP contribution in [0.4, 0.5) is 0 Å². The molecule has 6 nitrogen and oxygen atoms in total. The Balaban J connectivity index is -0.000000720. The molecule has 0 heterocycles. The molecular formula is C7H13N2NaO4. The summed E-state index contributed by atoms with van der Waals surface area (Å²) in [7, 11) is 3.15. The summed E-state index contributed by atoms with van der Waals surface area (Å²) in [5.41, 5.74) is -0.146. The van der Waals surface area contributed by atoms with Gasteiger partial charge in [0.2, 0.25) is 0 Å². The number of nitrogens with zero attached hydrogens (tertiary/aromatic N) is 2. The molecule has 0 aromatic heterocycles. The van der Waals surface area contributed by atoms with Gasteiger partial charge in [0.15, 0.2) is 0 Å². The first-order valence-electron chi connectivity index (χ1n) is 3.63. The normalized spacial score (nSPS) is 10.3. The molecule has 14 heavy (non-hydrogen) atoms. The monoisotopic (exact) mass is 212 g/mol. The molecule has 2 N–H and O–H groups in total. The summed E-state index contributed by atoms with van der Waals surface area (Å²) < 4.78 is 0. The van der Waals surface area contributed by atoms with Gasteiger partial charge in [-0.15, -0.1) is 0 Å². The second-order valence-corrected chi connectivity index (χ2v) is 2.59. The summed E-state index contributed by atoms with van der Waals surface area (Å²) in [5.74, 6) is -2.22. The molecule has 0 saturated carbocycles. The first-order valence-corrected chi connectivity index (χ1v) is 3.63. The van der Waals surface area contributed by atoms with Crippen LogP contribution in [0.3, 0.4) is 0 Å². The molecule has 0 aliphatic heterocycles. The van der Waals surface area contributed by atoms with E-state index in [1.807, 2.05) is 0 Å². The van der Waals surface area contributed by atoms with E-state index in [9.17, 15) is 9.59 Å². The fourth-order valence-electron chi connectivity index (χ4n) is 0.666. The molecule has 76 valence electrons. The van der Waals surface area contributed by atoms with Crippen LogP contribution < -0.4 is 29.6 Å². The Hall–Kier alpha value is -0.590. The van der Waals surface area contributed by atoms with Gasteiger partial charge >= 0.3 is 41.5 Å². The summed E-state index contributed by atoms with van der Waals surface area (Å²) in [4.78, 5) is 20.6. The van der Waals surface area contributed by atoms with Crippen molar-refractivity contribution in [2.45, 2.75) is 12.8 Å². The molecule has 0 fully saturated rings. The van der Waals surface area contributed by atoms with Crippen molar-refractivity contribution >= 4 is 17.7 Å². The zero-order valence-corrected chi connectivity index (χ0v) is 10.5.